The van der Waals surface area contributed by atoms with Crippen LogP contribution in [0.15, 0.2) is 84.9 Å². The van der Waals surface area contributed by atoms with Crippen molar-refractivity contribution in [1.82, 2.24) is 10.2 Å². The second-order valence-electron chi connectivity index (χ2n) is 10.2. The van der Waals surface area contributed by atoms with Crippen LogP contribution >= 0.6 is 0 Å². The Balaban J connectivity index is 1.78. The summed E-state index contributed by atoms with van der Waals surface area (Å²) in [6.45, 7) is 8.70. The van der Waals surface area contributed by atoms with E-state index in [1.165, 1.54) is 5.56 Å². The van der Waals surface area contributed by atoms with Crippen LogP contribution < -0.4 is 10.1 Å². The molecule has 0 bridgehead atoms. The van der Waals surface area contributed by atoms with Crippen molar-refractivity contribution < 1.29 is 14.3 Å². The molecule has 5 heteroatoms. The van der Waals surface area contributed by atoms with Gasteiger partial charge < -0.3 is 15.0 Å². The highest BCUT2D eigenvalue weighted by Gasteiger charge is 2.31. The normalized spacial score (nSPS) is 12.0. The molecule has 0 spiro atoms. The van der Waals surface area contributed by atoms with Gasteiger partial charge in [0.2, 0.25) is 11.8 Å². The largest absolute Gasteiger partial charge is 0.494 e. The van der Waals surface area contributed by atoms with Crippen molar-refractivity contribution in [3.05, 3.63) is 102 Å². The summed E-state index contributed by atoms with van der Waals surface area (Å²) in [7, 11) is 0. The Morgan fingerprint density at radius 3 is 2.03 bits per heavy atom. The molecule has 36 heavy (non-hydrogen) atoms. The summed E-state index contributed by atoms with van der Waals surface area (Å²) in [4.78, 5) is 28.8. The molecule has 1 unspecified atom stereocenters. The smallest absolute Gasteiger partial charge is 0.243 e. The number of hydrogen-bond donors (Lipinski definition) is 1. The summed E-state index contributed by atoms with van der Waals surface area (Å²) in [5.74, 6) is 0.587. The maximum atomic E-state index is 13.6. The van der Waals surface area contributed by atoms with Crippen molar-refractivity contribution >= 4 is 11.8 Å². The number of hydrogen-bond acceptors (Lipinski definition) is 3. The highest BCUT2D eigenvalue weighted by molar-refractivity contribution is 5.88. The molecule has 3 aromatic carbocycles. The van der Waals surface area contributed by atoms with Crippen molar-refractivity contribution in [2.24, 2.45) is 0 Å². The zero-order valence-electron chi connectivity index (χ0n) is 21.9. The average molecular weight is 487 g/mol. The Labute approximate surface area is 215 Å². The number of benzene rings is 3. The van der Waals surface area contributed by atoms with Gasteiger partial charge in [0, 0.05) is 24.9 Å². The van der Waals surface area contributed by atoms with E-state index < -0.39 is 11.6 Å². The number of rotatable bonds is 11. The molecule has 1 atom stereocenters. The molecule has 1 N–H and O–H groups in total. The first-order valence-electron chi connectivity index (χ1n) is 12.6. The first-order valence-corrected chi connectivity index (χ1v) is 12.6. The van der Waals surface area contributed by atoms with Crippen molar-refractivity contribution in [3.63, 3.8) is 0 Å². The Morgan fingerprint density at radius 2 is 1.44 bits per heavy atom. The van der Waals surface area contributed by atoms with Crippen molar-refractivity contribution in [2.75, 3.05) is 6.61 Å². The van der Waals surface area contributed by atoms with Gasteiger partial charge in [-0.2, -0.15) is 0 Å². The van der Waals surface area contributed by atoms with Crippen LogP contribution in [0.2, 0.25) is 0 Å². The molecule has 5 nitrogen and oxygen atoms in total. The summed E-state index contributed by atoms with van der Waals surface area (Å²) >= 11 is 0. The lowest BCUT2D eigenvalue weighted by molar-refractivity contribution is -0.142. The van der Waals surface area contributed by atoms with Crippen LogP contribution in [-0.4, -0.2) is 34.9 Å². The number of ether oxygens (including phenoxy) is 1. The quantitative estimate of drug-likeness (QED) is 0.353. The number of amides is 2. The third-order valence-corrected chi connectivity index (χ3v) is 5.79. The van der Waals surface area contributed by atoms with Gasteiger partial charge in [-0.1, -0.05) is 78.4 Å². The highest BCUT2D eigenvalue weighted by Crippen LogP contribution is 2.18. The molecule has 190 valence electrons. The first-order chi connectivity index (χ1) is 17.2. The lowest BCUT2D eigenvalue weighted by atomic mass is 10.00. The van der Waals surface area contributed by atoms with E-state index in [0.29, 0.717) is 32.4 Å². The molecular formula is C31H38N2O3. The Kier molecular flexibility index (Phi) is 9.69. The topological polar surface area (TPSA) is 58.6 Å². The maximum absolute atomic E-state index is 13.6. The van der Waals surface area contributed by atoms with Crippen molar-refractivity contribution in [2.45, 2.75) is 65.1 Å². The van der Waals surface area contributed by atoms with Crippen LogP contribution in [-0.2, 0) is 22.6 Å². The van der Waals surface area contributed by atoms with E-state index in [2.05, 4.69) is 5.32 Å². The van der Waals surface area contributed by atoms with E-state index in [0.717, 1.165) is 16.9 Å². The number of carbonyl (C=O) groups is 2. The molecule has 3 aromatic rings. The fourth-order valence-corrected chi connectivity index (χ4v) is 3.98. The number of nitrogens with zero attached hydrogens (tertiary/aromatic N) is 1. The van der Waals surface area contributed by atoms with Crippen LogP contribution in [0, 0.1) is 6.92 Å². The predicted octanol–water partition coefficient (Wildman–Crippen LogP) is 5.71. The fourth-order valence-electron chi connectivity index (χ4n) is 3.98. The molecule has 0 aliphatic carbocycles. The third kappa shape index (κ3) is 8.88. The number of aryl methyl sites for hydroxylation is 1. The molecular weight excluding hydrogens is 448 g/mol. The van der Waals surface area contributed by atoms with Crippen molar-refractivity contribution in [1.29, 1.82) is 0 Å². The SMILES string of the molecule is Cc1ccc(OCCCC(=O)N(Cc2ccccc2)C(Cc2ccccc2)C(=O)NC(C)(C)C)cc1. The van der Waals surface area contributed by atoms with Crippen LogP contribution in [0.5, 0.6) is 5.75 Å². The molecule has 0 radical (unpaired) electrons. The zero-order valence-corrected chi connectivity index (χ0v) is 21.9. The van der Waals surface area contributed by atoms with Gasteiger partial charge in [0.1, 0.15) is 11.8 Å². The standard InChI is InChI=1S/C31H38N2O3/c1-24-17-19-27(20-18-24)36-21-11-16-29(34)33(23-26-14-9-6-10-15-26)28(30(35)32-31(2,3)4)22-25-12-7-5-8-13-25/h5-10,12-15,17-20,28H,11,16,21-23H2,1-4H3,(H,32,35). The van der Waals surface area contributed by atoms with Gasteiger partial charge in [0.15, 0.2) is 0 Å². The summed E-state index contributed by atoms with van der Waals surface area (Å²) in [5, 5.41) is 3.10. The second-order valence-corrected chi connectivity index (χ2v) is 10.2. The summed E-state index contributed by atoms with van der Waals surface area (Å²) in [6, 6.07) is 27.0. The second kappa shape index (κ2) is 12.9. The van der Waals surface area contributed by atoms with Crippen molar-refractivity contribution in [3.8, 4) is 5.75 Å². The van der Waals surface area contributed by atoms with E-state index in [9.17, 15) is 9.59 Å². The minimum absolute atomic E-state index is 0.0589. The summed E-state index contributed by atoms with van der Waals surface area (Å²) in [5.41, 5.74) is 2.77. The fraction of sp³-hybridized carbons (Fsp3) is 0.355. The molecule has 0 heterocycles. The van der Waals surface area contributed by atoms with Gasteiger partial charge in [0.05, 0.1) is 6.61 Å². The van der Waals surface area contributed by atoms with Gasteiger partial charge in [-0.3, -0.25) is 9.59 Å². The predicted molar refractivity (Wildman–Crippen MR) is 145 cm³/mol. The molecule has 0 aromatic heterocycles. The molecule has 3 rings (SSSR count). The number of nitrogens with one attached hydrogen (secondary N) is 1. The van der Waals surface area contributed by atoms with Gasteiger partial charge in [-0.15, -0.1) is 0 Å². The van der Waals surface area contributed by atoms with Gasteiger partial charge in [-0.05, 0) is 57.4 Å². The van der Waals surface area contributed by atoms with Gasteiger partial charge in [0.25, 0.3) is 0 Å². The van der Waals surface area contributed by atoms with Crippen LogP contribution in [0.3, 0.4) is 0 Å². The molecule has 2 amide bonds. The monoisotopic (exact) mass is 486 g/mol. The van der Waals surface area contributed by atoms with E-state index in [1.54, 1.807) is 4.90 Å². The molecule has 0 saturated heterocycles. The molecule has 0 saturated carbocycles. The van der Waals surface area contributed by atoms with E-state index >= 15 is 0 Å². The first kappa shape index (κ1) is 27.0. The number of carbonyl (C=O) groups excluding carboxylic acids is 2. The van der Waals surface area contributed by atoms with Gasteiger partial charge >= 0.3 is 0 Å². The van der Waals surface area contributed by atoms with E-state index in [4.69, 9.17) is 4.74 Å². The third-order valence-electron chi connectivity index (χ3n) is 5.79. The Bertz CT molecular complexity index is 1090. The molecule has 0 aliphatic rings. The lowest BCUT2D eigenvalue weighted by Gasteiger charge is -2.34. The minimum Gasteiger partial charge on any atom is -0.494 e. The minimum atomic E-state index is -0.627. The molecule has 0 aliphatic heterocycles. The lowest BCUT2D eigenvalue weighted by Crippen LogP contribution is -2.54. The van der Waals surface area contributed by atoms with Crippen LogP contribution in [0.4, 0.5) is 0 Å². The highest BCUT2D eigenvalue weighted by atomic mass is 16.5. The van der Waals surface area contributed by atoms with Gasteiger partial charge in [-0.25, -0.2) is 0 Å². The Morgan fingerprint density at radius 1 is 0.861 bits per heavy atom. The van der Waals surface area contributed by atoms with E-state index in [-0.39, 0.29) is 11.8 Å². The van der Waals surface area contributed by atoms with Crippen LogP contribution in [0.25, 0.3) is 0 Å². The molecule has 0 fully saturated rings. The summed E-state index contributed by atoms with van der Waals surface area (Å²) in [6.07, 6.45) is 1.31. The average Bonchev–Trinajstić information content (AvgIpc) is 2.85. The Hall–Kier alpha value is -3.60. The zero-order chi connectivity index (χ0) is 26.0. The maximum Gasteiger partial charge on any atom is 0.243 e. The van der Waals surface area contributed by atoms with Crippen LogP contribution in [0.1, 0.15) is 50.3 Å². The van der Waals surface area contributed by atoms with E-state index in [1.807, 2.05) is 113 Å². The summed E-state index contributed by atoms with van der Waals surface area (Å²) < 4.78 is 5.83.